The number of aromatic nitrogens is 1. The third-order valence-electron chi connectivity index (χ3n) is 5.60. The molecule has 2 nitrogen and oxygen atoms in total. The molecule has 0 aliphatic heterocycles. The van der Waals surface area contributed by atoms with Crippen molar-refractivity contribution in [2.45, 2.75) is 85.0 Å². The second-order valence-electron chi connectivity index (χ2n) is 8.07. The van der Waals surface area contributed by atoms with Crippen LogP contribution in [0.5, 0.6) is 5.75 Å². The second-order valence-corrected chi connectivity index (χ2v) is 8.07. The first-order valence-corrected chi connectivity index (χ1v) is 11.4. The number of aryl methyl sites for hydroxylation is 1. The van der Waals surface area contributed by atoms with Crippen molar-refractivity contribution in [2.24, 2.45) is 5.92 Å². The Morgan fingerprint density at radius 2 is 1.75 bits per heavy atom. The van der Waals surface area contributed by atoms with Crippen molar-refractivity contribution in [3.05, 3.63) is 48.2 Å². The van der Waals surface area contributed by atoms with Crippen LogP contribution < -0.4 is 4.74 Å². The molecule has 2 aromatic rings. The lowest BCUT2D eigenvalue weighted by Gasteiger charge is -2.12. The molecule has 1 unspecified atom stereocenters. The fourth-order valence-corrected chi connectivity index (χ4v) is 3.49. The minimum atomic E-state index is 0.786. The molecule has 0 spiro atoms. The summed E-state index contributed by atoms with van der Waals surface area (Å²) in [6.07, 6.45) is 14.5. The van der Waals surface area contributed by atoms with Gasteiger partial charge in [-0.05, 0) is 55.0 Å². The van der Waals surface area contributed by atoms with Crippen LogP contribution in [0.2, 0.25) is 0 Å². The molecular formula is C26H39NO. The van der Waals surface area contributed by atoms with Crippen LogP contribution in [0.1, 0.15) is 84.1 Å². The molecule has 0 fully saturated rings. The minimum Gasteiger partial charge on any atom is -0.493 e. The van der Waals surface area contributed by atoms with Crippen molar-refractivity contribution < 1.29 is 4.74 Å². The number of rotatable bonds is 14. The van der Waals surface area contributed by atoms with Crippen molar-refractivity contribution in [3.8, 4) is 17.0 Å². The summed E-state index contributed by atoms with van der Waals surface area (Å²) in [6.45, 7) is 7.66. The van der Waals surface area contributed by atoms with Crippen LogP contribution in [-0.4, -0.2) is 11.6 Å². The van der Waals surface area contributed by atoms with E-state index >= 15 is 0 Å². The van der Waals surface area contributed by atoms with Gasteiger partial charge in [0.25, 0.3) is 0 Å². The van der Waals surface area contributed by atoms with Gasteiger partial charge in [0.2, 0.25) is 0 Å². The highest BCUT2D eigenvalue weighted by atomic mass is 16.5. The Labute approximate surface area is 172 Å². The minimum absolute atomic E-state index is 0.786. The van der Waals surface area contributed by atoms with Crippen molar-refractivity contribution >= 4 is 0 Å². The summed E-state index contributed by atoms with van der Waals surface area (Å²) in [4.78, 5) is 4.62. The van der Waals surface area contributed by atoms with Gasteiger partial charge in [0.05, 0.1) is 12.3 Å². The van der Waals surface area contributed by atoms with Crippen LogP contribution in [-0.2, 0) is 6.42 Å². The summed E-state index contributed by atoms with van der Waals surface area (Å²) < 4.78 is 6.14. The predicted octanol–water partition coefficient (Wildman–Crippen LogP) is 7.86. The van der Waals surface area contributed by atoms with E-state index in [4.69, 9.17) is 4.74 Å². The summed E-state index contributed by atoms with van der Waals surface area (Å²) in [5.41, 5.74) is 3.51. The third kappa shape index (κ3) is 8.04. The fraction of sp³-hybridized carbons (Fsp3) is 0.577. The van der Waals surface area contributed by atoms with Crippen LogP contribution in [0.3, 0.4) is 0 Å². The molecule has 1 heterocycles. The lowest BCUT2D eigenvalue weighted by molar-refractivity contribution is 0.303. The topological polar surface area (TPSA) is 22.1 Å². The average molecular weight is 382 g/mol. The summed E-state index contributed by atoms with van der Waals surface area (Å²) in [7, 11) is 0. The van der Waals surface area contributed by atoms with E-state index in [1.165, 1.54) is 56.9 Å². The van der Waals surface area contributed by atoms with Gasteiger partial charge in [-0.25, -0.2) is 0 Å². The van der Waals surface area contributed by atoms with Crippen LogP contribution >= 0.6 is 0 Å². The largest absolute Gasteiger partial charge is 0.493 e. The smallest absolute Gasteiger partial charge is 0.128 e. The van der Waals surface area contributed by atoms with E-state index in [0.717, 1.165) is 42.4 Å². The molecule has 1 aromatic heterocycles. The van der Waals surface area contributed by atoms with E-state index < -0.39 is 0 Å². The molecule has 0 N–H and O–H groups in total. The number of nitrogens with zero attached hydrogens (tertiary/aromatic N) is 1. The normalized spacial score (nSPS) is 12.1. The number of hydrogen-bond acceptors (Lipinski definition) is 2. The molecule has 0 saturated carbocycles. The highest BCUT2D eigenvalue weighted by molar-refractivity contribution is 5.67. The SMILES string of the molecule is CCCCCCc1ccnc(-c2ccccc2OCCCCCC(C)CC)c1. The zero-order valence-electron chi connectivity index (χ0n) is 18.3. The summed E-state index contributed by atoms with van der Waals surface area (Å²) in [5, 5.41) is 0. The summed E-state index contributed by atoms with van der Waals surface area (Å²) in [6, 6.07) is 12.7. The van der Waals surface area contributed by atoms with Crippen molar-refractivity contribution in [1.82, 2.24) is 4.98 Å². The molecule has 1 atom stereocenters. The molecule has 0 aliphatic carbocycles. The Morgan fingerprint density at radius 1 is 0.929 bits per heavy atom. The van der Waals surface area contributed by atoms with Crippen LogP contribution in [0, 0.1) is 5.92 Å². The van der Waals surface area contributed by atoms with Gasteiger partial charge in [-0.15, -0.1) is 0 Å². The van der Waals surface area contributed by atoms with Crippen molar-refractivity contribution in [3.63, 3.8) is 0 Å². The van der Waals surface area contributed by atoms with Gasteiger partial charge in [0.1, 0.15) is 5.75 Å². The molecule has 154 valence electrons. The van der Waals surface area contributed by atoms with E-state index in [0.29, 0.717) is 0 Å². The van der Waals surface area contributed by atoms with Crippen LogP contribution in [0.15, 0.2) is 42.6 Å². The molecule has 0 aliphatic rings. The van der Waals surface area contributed by atoms with E-state index in [1.54, 1.807) is 0 Å². The highest BCUT2D eigenvalue weighted by Gasteiger charge is 2.08. The Morgan fingerprint density at radius 3 is 2.57 bits per heavy atom. The standard InChI is InChI=1S/C26H39NO/c1-4-6-7-10-15-23-18-19-27-25(21-23)24-16-11-12-17-26(24)28-20-13-8-9-14-22(3)5-2/h11-12,16-19,21-22H,4-10,13-15,20H2,1-3H3. The predicted molar refractivity (Wildman–Crippen MR) is 121 cm³/mol. The molecule has 0 radical (unpaired) electrons. The first-order valence-electron chi connectivity index (χ1n) is 11.4. The number of pyridine rings is 1. The molecule has 0 saturated heterocycles. The molecule has 0 bridgehead atoms. The van der Waals surface area contributed by atoms with E-state index in [9.17, 15) is 0 Å². The van der Waals surface area contributed by atoms with Gasteiger partial charge >= 0.3 is 0 Å². The van der Waals surface area contributed by atoms with Gasteiger partial charge in [0, 0.05) is 11.8 Å². The van der Waals surface area contributed by atoms with Gasteiger partial charge in [-0.1, -0.05) is 77.8 Å². The summed E-state index contributed by atoms with van der Waals surface area (Å²) in [5.74, 6) is 1.81. The molecule has 28 heavy (non-hydrogen) atoms. The fourth-order valence-electron chi connectivity index (χ4n) is 3.49. The Balaban J connectivity index is 1.89. The zero-order chi connectivity index (χ0) is 20.0. The first kappa shape index (κ1) is 22.5. The molecule has 2 heteroatoms. The van der Waals surface area contributed by atoms with Crippen molar-refractivity contribution in [1.29, 1.82) is 0 Å². The summed E-state index contributed by atoms with van der Waals surface area (Å²) >= 11 is 0. The average Bonchev–Trinajstić information content (AvgIpc) is 2.74. The number of benzene rings is 1. The zero-order valence-corrected chi connectivity index (χ0v) is 18.3. The van der Waals surface area contributed by atoms with Gasteiger partial charge in [-0.3, -0.25) is 4.98 Å². The quantitative estimate of drug-likeness (QED) is 0.311. The first-order chi connectivity index (χ1) is 13.7. The number of unbranched alkanes of at least 4 members (excludes halogenated alkanes) is 5. The number of ether oxygens (including phenoxy) is 1. The van der Waals surface area contributed by atoms with E-state index in [1.807, 2.05) is 6.20 Å². The van der Waals surface area contributed by atoms with Crippen molar-refractivity contribution in [2.75, 3.05) is 6.61 Å². The monoisotopic (exact) mass is 381 g/mol. The number of hydrogen-bond donors (Lipinski definition) is 0. The maximum Gasteiger partial charge on any atom is 0.128 e. The van der Waals surface area contributed by atoms with Gasteiger partial charge < -0.3 is 4.74 Å². The third-order valence-corrected chi connectivity index (χ3v) is 5.60. The van der Waals surface area contributed by atoms with Gasteiger partial charge in [0.15, 0.2) is 0 Å². The van der Waals surface area contributed by atoms with E-state index in [2.05, 4.69) is 62.2 Å². The lowest BCUT2D eigenvalue weighted by Crippen LogP contribution is -2.00. The molecule has 1 aromatic carbocycles. The maximum atomic E-state index is 6.14. The van der Waals surface area contributed by atoms with Crippen LogP contribution in [0.4, 0.5) is 0 Å². The molecule has 0 amide bonds. The van der Waals surface area contributed by atoms with Crippen LogP contribution in [0.25, 0.3) is 11.3 Å². The highest BCUT2D eigenvalue weighted by Crippen LogP contribution is 2.29. The lowest BCUT2D eigenvalue weighted by atomic mass is 10.0. The Bertz CT molecular complexity index is 667. The Kier molecular flexibility index (Phi) is 10.7. The molecule has 2 rings (SSSR count). The maximum absolute atomic E-state index is 6.14. The van der Waals surface area contributed by atoms with E-state index in [-0.39, 0.29) is 0 Å². The number of para-hydroxylation sites is 1. The Hall–Kier alpha value is -1.83. The molecular weight excluding hydrogens is 342 g/mol. The second kappa shape index (κ2) is 13.4. The van der Waals surface area contributed by atoms with Gasteiger partial charge in [-0.2, -0.15) is 0 Å².